The van der Waals surface area contributed by atoms with Crippen molar-refractivity contribution in [2.24, 2.45) is 0 Å². The number of nitrogens with zero attached hydrogens (tertiary/aromatic N) is 1. The zero-order valence-corrected chi connectivity index (χ0v) is 19.8. The van der Waals surface area contributed by atoms with E-state index >= 15 is 0 Å². The molecule has 0 atom stereocenters. The van der Waals surface area contributed by atoms with E-state index in [2.05, 4.69) is 63.4 Å². The van der Waals surface area contributed by atoms with E-state index in [1.807, 2.05) is 6.07 Å². The molecule has 6 heteroatoms. The molecule has 5 nitrogen and oxygen atoms in total. The third-order valence-corrected chi connectivity index (χ3v) is 4.60. The first-order valence-corrected chi connectivity index (χ1v) is 11.8. The fourth-order valence-corrected chi connectivity index (χ4v) is 2.44. The van der Waals surface area contributed by atoms with E-state index in [4.69, 9.17) is 0 Å². The smallest absolute Gasteiger partial charge is 0.217 e. The van der Waals surface area contributed by atoms with Gasteiger partial charge in [-0.25, -0.2) is 8.42 Å². The number of quaternary nitrogens is 1. The Morgan fingerprint density at radius 1 is 0.786 bits per heavy atom. The summed E-state index contributed by atoms with van der Waals surface area (Å²) < 4.78 is 31.9. The highest BCUT2D eigenvalue weighted by atomic mass is 32.3. The molecule has 28 heavy (non-hydrogen) atoms. The van der Waals surface area contributed by atoms with Gasteiger partial charge >= 0.3 is 0 Å². The average Bonchev–Trinajstić information content (AvgIpc) is 2.64. The minimum absolute atomic E-state index is 0.808. The normalized spacial score (nSPS) is 11.1. The van der Waals surface area contributed by atoms with Gasteiger partial charge in [0.1, 0.15) is 5.69 Å². The van der Waals surface area contributed by atoms with Crippen molar-refractivity contribution in [1.82, 2.24) is 4.48 Å². The molecule has 0 fully saturated rings. The van der Waals surface area contributed by atoms with E-state index in [0.29, 0.717) is 0 Å². The topological polar surface area (TPSA) is 66.4 Å². The lowest BCUT2D eigenvalue weighted by atomic mass is 10.1. The van der Waals surface area contributed by atoms with E-state index in [9.17, 15) is 13.0 Å². The van der Waals surface area contributed by atoms with Crippen LogP contribution in [0.15, 0.2) is 30.3 Å². The van der Waals surface area contributed by atoms with Crippen LogP contribution in [0.5, 0.6) is 0 Å². The van der Waals surface area contributed by atoms with Gasteiger partial charge in [-0.05, 0) is 12.1 Å². The standard InChI is InChI=1S/C12H26.C9H14N.CH4O4S/c1-3-5-7-9-11-12-10-8-6-4-2;1-10(2,3)9-7-5-4-6-8-9;1-5-6(2,3)4/h3-12H2,1-2H3;4-8H,1-3H3;1H3,(H,2,3,4)/q;+1;/p-1. The van der Waals surface area contributed by atoms with E-state index in [1.54, 1.807) is 0 Å². The van der Waals surface area contributed by atoms with Gasteiger partial charge in [-0.3, -0.25) is 8.67 Å². The summed E-state index contributed by atoms with van der Waals surface area (Å²) in [7, 11) is 2.88. The van der Waals surface area contributed by atoms with Gasteiger partial charge in [0.2, 0.25) is 10.4 Å². The molecule has 0 N–H and O–H groups in total. The monoisotopic (exact) mass is 417 g/mol. The van der Waals surface area contributed by atoms with Crippen molar-refractivity contribution in [2.45, 2.75) is 78.1 Å². The fraction of sp³-hybridized carbons (Fsp3) is 0.727. The maximum atomic E-state index is 9.22. The van der Waals surface area contributed by atoms with Crippen molar-refractivity contribution in [3.05, 3.63) is 30.3 Å². The van der Waals surface area contributed by atoms with Gasteiger partial charge < -0.3 is 4.55 Å². The van der Waals surface area contributed by atoms with E-state index in [-0.39, 0.29) is 0 Å². The van der Waals surface area contributed by atoms with E-state index in [1.165, 1.54) is 69.9 Å². The van der Waals surface area contributed by atoms with Crippen LogP contribution in [0.1, 0.15) is 78.1 Å². The third kappa shape index (κ3) is 23.1. The lowest BCUT2D eigenvalue weighted by Gasteiger charge is -2.22. The Morgan fingerprint density at radius 3 is 1.32 bits per heavy atom. The van der Waals surface area contributed by atoms with Gasteiger partial charge in [0.15, 0.2) is 0 Å². The van der Waals surface area contributed by atoms with Gasteiger partial charge in [-0.15, -0.1) is 0 Å². The summed E-state index contributed by atoms with van der Waals surface area (Å²) in [5, 5.41) is 0. The Hall–Kier alpha value is -0.950. The predicted molar refractivity (Wildman–Crippen MR) is 120 cm³/mol. The van der Waals surface area contributed by atoms with Crippen LogP contribution in [0, 0.1) is 0 Å². The first kappa shape index (κ1) is 29.3. The second-order valence-corrected chi connectivity index (χ2v) is 8.90. The molecule has 0 bridgehead atoms. The van der Waals surface area contributed by atoms with Crippen molar-refractivity contribution in [1.29, 1.82) is 0 Å². The maximum Gasteiger partial charge on any atom is 0.217 e. The summed E-state index contributed by atoms with van der Waals surface area (Å²) in [5.41, 5.74) is 1.34. The highest BCUT2D eigenvalue weighted by Gasteiger charge is 2.08. The van der Waals surface area contributed by atoms with Gasteiger partial charge in [-0.2, -0.15) is 0 Å². The molecule has 0 aliphatic rings. The van der Waals surface area contributed by atoms with Crippen LogP contribution >= 0.6 is 0 Å². The molecule has 0 saturated carbocycles. The highest BCUT2D eigenvalue weighted by Crippen LogP contribution is 2.14. The van der Waals surface area contributed by atoms with E-state index < -0.39 is 10.4 Å². The van der Waals surface area contributed by atoms with Crippen molar-refractivity contribution < 1.29 is 17.2 Å². The molecule has 0 aliphatic heterocycles. The molecule has 0 radical (unpaired) electrons. The zero-order chi connectivity index (χ0) is 21.9. The van der Waals surface area contributed by atoms with Crippen LogP contribution in [0.3, 0.4) is 0 Å². The van der Waals surface area contributed by atoms with Gasteiger partial charge in [-0.1, -0.05) is 96.3 Å². The molecule has 0 aromatic heterocycles. The molecule has 1 aromatic rings. The lowest BCUT2D eigenvalue weighted by Crippen LogP contribution is -2.34. The maximum absolute atomic E-state index is 9.22. The summed E-state index contributed by atoms with van der Waals surface area (Å²) in [5.74, 6) is 0. The van der Waals surface area contributed by atoms with Crippen molar-refractivity contribution >= 4 is 16.1 Å². The number of hydrogen-bond acceptors (Lipinski definition) is 4. The number of hydrogen-bond donors (Lipinski definition) is 0. The summed E-state index contributed by atoms with van der Waals surface area (Å²) >= 11 is 0. The van der Waals surface area contributed by atoms with Crippen LogP contribution in [-0.2, 0) is 14.6 Å². The molecule has 0 spiro atoms. The minimum atomic E-state index is -4.41. The number of unbranched alkanes of at least 4 members (excludes halogenated alkanes) is 9. The van der Waals surface area contributed by atoms with Crippen LogP contribution < -0.4 is 4.48 Å². The fourth-order valence-electron chi connectivity index (χ4n) is 2.44. The minimum Gasteiger partial charge on any atom is -0.726 e. The second-order valence-electron chi connectivity index (χ2n) is 7.75. The molecule has 0 heterocycles. The Balaban J connectivity index is 0. The highest BCUT2D eigenvalue weighted by molar-refractivity contribution is 7.80. The number of benzene rings is 1. The predicted octanol–water partition coefficient (Wildman–Crippen LogP) is 5.90. The number of para-hydroxylation sites is 1. The summed E-state index contributed by atoms with van der Waals surface area (Å²) in [6, 6.07) is 10.5. The van der Waals surface area contributed by atoms with Gasteiger partial charge in [0.05, 0.1) is 28.3 Å². The first-order valence-electron chi connectivity index (χ1n) is 10.5. The summed E-state index contributed by atoms with van der Waals surface area (Å²) in [4.78, 5) is 0. The Kier molecular flexibility index (Phi) is 18.9. The summed E-state index contributed by atoms with van der Waals surface area (Å²) in [6.07, 6.45) is 14.4. The molecule has 0 aliphatic carbocycles. The van der Waals surface area contributed by atoms with Crippen LogP contribution in [-0.4, -0.2) is 41.2 Å². The molecule has 1 rings (SSSR count). The number of rotatable bonds is 11. The van der Waals surface area contributed by atoms with Crippen LogP contribution in [0.4, 0.5) is 5.69 Å². The molecule has 0 amide bonds. The zero-order valence-electron chi connectivity index (χ0n) is 18.9. The summed E-state index contributed by atoms with van der Waals surface area (Å²) in [6.45, 7) is 4.56. The third-order valence-electron chi connectivity index (χ3n) is 4.19. The van der Waals surface area contributed by atoms with Crippen LogP contribution in [0.25, 0.3) is 0 Å². The molecular formula is C22H43NO4S. The van der Waals surface area contributed by atoms with Crippen LogP contribution in [0.2, 0.25) is 0 Å². The quantitative estimate of drug-likeness (QED) is 0.194. The van der Waals surface area contributed by atoms with Gasteiger partial charge in [0.25, 0.3) is 0 Å². The van der Waals surface area contributed by atoms with Crippen molar-refractivity contribution in [3.63, 3.8) is 0 Å². The molecule has 166 valence electrons. The Labute approximate surface area is 174 Å². The SMILES string of the molecule is CCCCCCCCCCCC.COS(=O)(=O)[O-].C[N+](C)(C)c1ccccc1. The van der Waals surface area contributed by atoms with E-state index in [0.717, 1.165) is 11.6 Å². The van der Waals surface area contributed by atoms with Crippen molar-refractivity contribution in [3.8, 4) is 0 Å². The average molecular weight is 418 g/mol. The van der Waals surface area contributed by atoms with Gasteiger partial charge in [0, 0.05) is 0 Å². The first-order chi connectivity index (χ1) is 13.1. The Bertz CT molecular complexity index is 529. The molecular weight excluding hydrogens is 374 g/mol. The molecule has 0 unspecified atom stereocenters. The Morgan fingerprint density at radius 2 is 1.11 bits per heavy atom. The second kappa shape index (κ2) is 18.1. The molecule has 0 saturated heterocycles. The largest absolute Gasteiger partial charge is 0.726 e. The molecule has 1 aromatic carbocycles. The lowest BCUT2D eigenvalue weighted by molar-refractivity contribution is 0.314. The van der Waals surface area contributed by atoms with Crippen molar-refractivity contribution in [2.75, 3.05) is 28.3 Å².